The number of hydrogen-bond acceptors (Lipinski definition) is 2. The highest BCUT2D eigenvalue weighted by Gasteiger charge is 2.14. The zero-order valence-corrected chi connectivity index (χ0v) is 11.7. The van der Waals surface area contributed by atoms with Gasteiger partial charge in [-0.25, -0.2) is 0 Å². The van der Waals surface area contributed by atoms with Crippen molar-refractivity contribution in [2.75, 3.05) is 0 Å². The van der Waals surface area contributed by atoms with E-state index in [1.165, 1.54) is 0 Å². The van der Waals surface area contributed by atoms with Crippen LogP contribution < -0.4 is 11.1 Å². The molecule has 0 spiro atoms. The molecule has 0 saturated heterocycles. The van der Waals surface area contributed by atoms with Crippen LogP contribution in [0.4, 0.5) is 0 Å². The fourth-order valence-electron chi connectivity index (χ4n) is 2.16. The third-order valence-electron chi connectivity index (χ3n) is 3.48. The Kier molecular flexibility index (Phi) is 4.91. The van der Waals surface area contributed by atoms with E-state index in [9.17, 15) is 4.79 Å². The van der Waals surface area contributed by atoms with Crippen LogP contribution in [0.2, 0.25) is 0 Å². The number of nitrogens with one attached hydrogen (secondary N) is 1. The number of amides is 1. The van der Waals surface area contributed by atoms with Crippen LogP contribution in [0.3, 0.4) is 0 Å². The van der Waals surface area contributed by atoms with Crippen molar-refractivity contribution < 1.29 is 4.79 Å². The molecule has 3 N–H and O–H groups in total. The van der Waals surface area contributed by atoms with Crippen molar-refractivity contribution in [2.24, 2.45) is 5.73 Å². The highest BCUT2D eigenvalue weighted by Crippen LogP contribution is 2.15. The van der Waals surface area contributed by atoms with Crippen LogP contribution in [0.1, 0.15) is 29.5 Å². The predicted molar refractivity (Wildman–Crippen MR) is 81.0 cm³/mol. The van der Waals surface area contributed by atoms with E-state index < -0.39 is 0 Å². The van der Waals surface area contributed by atoms with E-state index in [-0.39, 0.29) is 11.8 Å². The lowest BCUT2D eigenvalue weighted by molar-refractivity contribution is -0.122. The molecule has 1 unspecified atom stereocenters. The fourth-order valence-corrected chi connectivity index (χ4v) is 2.16. The Morgan fingerprint density at radius 3 is 2.30 bits per heavy atom. The molecule has 2 aromatic carbocycles. The molecule has 1 atom stereocenters. The normalized spacial score (nSPS) is 11.9. The molecule has 0 saturated carbocycles. The Balaban J connectivity index is 1.99. The van der Waals surface area contributed by atoms with E-state index in [0.29, 0.717) is 13.1 Å². The molecule has 3 heteroatoms. The first-order chi connectivity index (χ1) is 9.72. The van der Waals surface area contributed by atoms with Gasteiger partial charge in [0.2, 0.25) is 5.91 Å². The van der Waals surface area contributed by atoms with Crippen molar-refractivity contribution in [3.05, 3.63) is 71.3 Å². The van der Waals surface area contributed by atoms with E-state index in [2.05, 4.69) is 5.32 Å². The Labute approximate surface area is 119 Å². The average Bonchev–Trinajstić information content (AvgIpc) is 2.53. The van der Waals surface area contributed by atoms with Crippen molar-refractivity contribution in [3.63, 3.8) is 0 Å². The molecular weight excluding hydrogens is 248 g/mol. The lowest BCUT2D eigenvalue weighted by atomic mass is 10.0. The number of carbonyl (C=O) groups is 1. The monoisotopic (exact) mass is 268 g/mol. The van der Waals surface area contributed by atoms with E-state index in [4.69, 9.17) is 5.73 Å². The Morgan fingerprint density at radius 2 is 1.65 bits per heavy atom. The Bertz CT molecular complexity index is 566. The van der Waals surface area contributed by atoms with E-state index in [1.54, 1.807) is 0 Å². The minimum absolute atomic E-state index is 0.0306. The summed E-state index contributed by atoms with van der Waals surface area (Å²) in [5, 5.41) is 2.98. The highest BCUT2D eigenvalue weighted by molar-refractivity contribution is 5.83. The first-order valence-corrected chi connectivity index (χ1v) is 6.82. The zero-order chi connectivity index (χ0) is 14.4. The van der Waals surface area contributed by atoms with Crippen molar-refractivity contribution in [2.45, 2.75) is 25.9 Å². The first-order valence-electron chi connectivity index (χ1n) is 6.82. The van der Waals surface area contributed by atoms with Gasteiger partial charge in [0, 0.05) is 13.1 Å². The van der Waals surface area contributed by atoms with Crippen LogP contribution in [0.5, 0.6) is 0 Å². The van der Waals surface area contributed by atoms with Gasteiger partial charge < -0.3 is 11.1 Å². The van der Waals surface area contributed by atoms with Gasteiger partial charge in [-0.15, -0.1) is 0 Å². The molecule has 0 heterocycles. The largest absolute Gasteiger partial charge is 0.351 e. The Hall–Kier alpha value is -2.13. The highest BCUT2D eigenvalue weighted by atomic mass is 16.1. The van der Waals surface area contributed by atoms with Crippen LogP contribution in [0.15, 0.2) is 54.6 Å². The number of hydrogen-bond donors (Lipinski definition) is 2. The van der Waals surface area contributed by atoms with Crippen molar-refractivity contribution >= 4 is 5.91 Å². The predicted octanol–water partition coefficient (Wildman–Crippen LogP) is 2.57. The summed E-state index contributed by atoms with van der Waals surface area (Å²) in [6.07, 6.45) is 0. The number of benzene rings is 2. The molecule has 2 rings (SSSR count). The third-order valence-corrected chi connectivity index (χ3v) is 3.48. The lowest BCUT2D eigenvalue weighted by Gasteiger charge is -2.14. The molecule has 2 aromatic rings. The van der Waals surface area contributed by atoms with Crippen molar-refractivity contribution in [3.8, 4) is 0 Å². The van der Waals surface area contributed by atoms with Crippen LogP contribution in [-0.4, -0.2) is 5.91 Å². The molecule has 0 aliphatic carbocycles. The summed E-state index contributed by atoms with van der Waals surface area (Å²) in [5.41, 5.74) is 8.86. The summed E-state index contributed by atoms with van der Waals surface area (Å²) in [5.74, 6) is -0.121. The Morgan fingerprint density at radius 1 is 1.05 bits per heavy atom. The van der Waals surface area contributed by atoms with Gasteiger partial charge in [0.05, 0.1) is 5.92 Å². The minimum Gasteiger partial charge on any atom is -0.351 e. The lowest BCUT2D eigenvalue weighted by Crippen LogP contribution is -2.28. The summed E-state index contributed by atoms with van der Waals surface area (Å²) in [7, 11) is 0. The summed E-state index contributed by atoms with van der Waals surface area (Å²) >= 11 is 0. The maximum absolute atomic E-state index is 12.2. The molecular formula is C17H20N2O. The molecule has 0 aromatic heterocycles. The quantitative estimate of drug-likeness (QED) is 0.875. The zero-order valence-electron chi connectivity index (χ0n) is 11.7. The van der Waals surface area contributed by atoms with Gasteiger partial charge in [-0.2, -0.15) is 0 Å². The summed E-state index contributed by atoms with van der Waals surface area (Å²) in [6.45, 7) is 2.92. The van der Waals surface area contributed by atoms with Gasteiger partial charge in [-0.1, -0.05) is 54.6 Å². The smallest absolute Gasteiger partial charge is 0.227 e. The van der Waals surface area contributed by atoms with Crippen LogP contribution >= 0.6 is 0 Å². The summed E-state index contributed by atoms with van der Waals surface area (Å²) < 4.78 is 0. The standard InChI is InChI=1S/C17H20N2O/c1-13(14-7-3-2-4-8-14)17(20)19-12-16-10-6-5-9-15(16)11-18/h2-10,13H,11-12,18H2,1H3,(H,19,20). The summed E-state index contributed by atoms with van der Waals surface area (Å²) in [4.78, 5) is 12.2. The van der Waals surface area contributed by atoms with Crippen LogP contribution in [0.25, 0.3) is 0 Å². The topological polar surface area (TPSA) is 55.1 Å². The second kappa shape index (κ2) is 6.87. The maximum atomic E-state index is 12.2. The molecule has 0 aliphatic rings. The molecule has 104 valence electrons. The fraction of sp³-hybridized carbons (Fsp3) is 0.235. The molecule has 0 aliphatic heterocycles. The maximum Gasteiger partial charge on any atom is 0.227 e. The minimum atomic E-state index is -0.152. The second-order valence-corrected chi connectivity index (χ2v) is 4.82. The van der Waals surface area contributed by atoms with Gasteiger partial charge >= 0.3 is 0 Å². The van der Waals surface area contributed by atoms with Crippen LogP contribution in [0, 0.1) is 0 Å². The number of nitrogens with two attached hydrogens (primary N) is 1. The number of carbonyl (C=O) groups excluding carboxylic acids is 1. The van der Waals surface area contributed by atoms with E-state index in [0.717, 1.165) is 16.7 Å². The van der Waals surface area contributed by atoms with E-state index >= 15 is 0 Å². The molecule has 0 bridgehead atoms. The SMILES string of the molecule is CC(C(=O)NCc1ccccc1CN)c1ccccc1. The molecule has 20 heavy (non-hydrogen) atoms. The molecule has 3 nitrogen and oxygen atoms in total. The van der Waals surface area contributed by atoms with Crippen LogP contribution in [-0.2, 0) is 17.9 Å². The van der Waals surface area contributed by atoms with E-state index in [1.807, 2.05) is 61.5 Å². The van der Waals surface area contributed by atoms with Crippen molar-refractivity contribution in [1.82, 2.24) is 5.32 Å². The van der Waals surface area contributed by atoms with Gasteiger partial charge in [-0.3, -0.25) is 4.79 Å². The van der Waals surface area contributed by atoms with Gasteiger partial charge in [0.25, 0.3) is 0 Å². The average molecular weight is 268 g/mol. The summed E-state index contributed by atoms with van der Waals surface area (Å²) in [6, 6.07) is 17.7. The molecule has 1 amide bonds. The number of rotatable bonds is 5. The van der Waals surface area contributed by atoms with Gasteiger partial charge in [-0.05, 0) is 23.6 Å². The van der Waals surface area contributed by atoms with Gasteiger partial charge in [0.15, 0.2) is 0 Å². The molecule has 0 radical (unpaired) electrons. The third kappa shape index (κ3) is 3.45. The van der Waals surface area contributed by atoms with Crippen molar-refractivity contribution in [1.29, 1.82) is 0 Å². The molecule has 0 fully saturated rings. The second-order valence-electron chi connectivity index (χ2n) is 4.82. The van der Waals surface area contributed by atoms with Gasteiger partial charge in [0.1, 0.15) is 0 Å². The first kappa shape index (κ1) is 14.3.